The fourth-order valence-electron chi connectivity index (χ4n) is 4.20. The third-order valence-electron chi connectivity index (χ3n) is 5.87. The number of aromatic nitrogens is 3. The summed E-state index contributed by atoms with van der Waals surface area (Å²) in [4.78, 5) is 22.8. The number of hydrogen-bond donors (Lipinski definition) is 2. The molecule has 3 heterocycles. The average Bonchev–Trinajstić information content (AvgIpc) is 3.46. The van der Waals surface area contributed by atoms with E-state index in [9.17, 15) is 4.79 Å². The number of carbonyl (C=O) groups is 1. The molecule has 2 aromatic carbocycles. The Morgan fingerprint density at radius 3 is 2.67 bits per heavy atom. The van der Waals surface area contributed by atoms with Crippen molar-refractivity contribution in [2.75, 3.05) is 33.1 Å². The Kier molecular flexibility index (Phi) is 5.47. The predicted octanol–water partition coefficient (Wildman–Crippen LogP) is 3.08. The van der Waals surface area contributed by atoms with Crippen molar-refractivity contribution in [3.8, 4) is 17.2 Å². The van der Waals surface area contributed by atoms with Gasteiger partial charge in [0, 0.05) is 19.2 Å². The van der Waals surface area contributed by atoms with E-state index >= 15 is 0 Å². The van der Waals surface area contributed by atoms with Crippen LogP contribution in [0.15, 0.2) is 42.5 Å². The first kappa shape index (κ1) is 21.0. The van der Waals surface area contributed by atoms with Crippen molar-refractivity contribution in [2.24, 2.45) is 0 Å². The number of nitrogens with zero attached hydrogens (tertiary/aromatic N) is 3. The molecule has 1 saturated heterocycles. The van der Waals surface area contributed by atoms with Crippen LogP contribution in [0.1, 0.15) is 23.2 Å². The maximum Gasteiger partial charge on any atom is 0.257 e. The van der Waals surface area contributed by atoms with Crippen molar-refractivity contribution in [1.82, 2.24) is 19.9 Å². The number of rotatable bonds is 6. The van der Waals surface area contributed by atoms with E-state index in [0.29, 0.717) is 45.9 Å². The first-order chi connectivity index (χ1) is 16.1. The molecule has 2 aromatic heterocycles. The SMILES string of the molecule is COc1ccc(-n2c(N)c(C(=O)NCC3CCCO3)c3nc4ccccc4nc32)c(OC)c1. The number of nitrogen functional groups attached to an aromatic ring is 1. The van der Waals surface area contributed by atoms with Gasteiger partial charge in [0.25, 0.3) is 5.91 Å². The summed E-state index contributed by atoms with van der Waals surface area (Å²) in [6, 6.07) is 12.9. The fraction of sp³-hybridized carbons (Fsp3) is 0.292. The van der Waals surface area contributed by atoms with Crippen LogP contribution in [0.4, 0.5) is 5.82 Å². The minimum Gasteiger partial charge on any atom is -0.497 e. The fourth-order valence-corrected chi connectivity index (χ4v) is 4.20. The normalized spacial score (nSPS) is 15.8. The van der Waals surface area contributed by atoms with Gasteiger partial charge in [-0.05, 0) is 37.1 Å². The molecule has 0 saturated carbocycles. The third-order valence-corrected chi connectivity index (χ3v) is 5.87. The van der Waals surface area contributed by atoms with Crippen molar-refractivity contribution >= 4 is 33.9 Å². The zero-order valence-corrected chi connectivity index (χ0v) is 18.5. The van der Waals surface area contributed by atoms with E-state index in [1.165, 1.54) is 0 Å². The summed E-state index contributed by atoms with van der Waals surface area (Å²) >= 11 is 0. The summed E-state index contributed by atoms with van der Waals surface area (Å²) in [5.41, 5.74) is 9.77. The Hall–Kier alpha value is -3.85. The second kappa shape index (κ2) is 8.59. The highest BCUT2D eigenvalue weighted by Crippen LogP contribution is 2.36. The monoisotopic (exact) mass is 447 g/mol. The van der Waals surface area contributed by atoms with Gasteiger partial charge in [0.1, 0.15) is 28.4 Å². The van der Waals surface area contributed by atoms with Crippen LogP contribution in [-0.2, 0) is 4.74 Å². The topological polar surface area (TPSA) is 114 Å². The summed E-state index contributed by atoms with van der Waals surface area (Å²) in [6.07, 6.45) is 1.93. The largest absolute Gasteiger partial charge is 0.497 e. The number of carbonyl (C=O) groups excluding carboxylic acids is 1. The zero-order valence-electron chi connectivity index (χ0n) is 18.5. The molecule has 0 radical (unpaired) electrons. The van der Waals surface area contributed by atoms with Crippen LogP contribution in [0, 0.1) is 0 Å². The van der Waals surface area contributed by atoms with Gasteiger partial charge in [-0.2, -0.15) is 0 Å². The molecule has 170 valence electrons. The van der Waals surface area contributed by atoms with Gasteiger partial charge in [-0.25, -0.2) is 9.97 Å². The lowest BCUT2D eigenvalue weighted by Gasteiger charge is -2.14. The van der Waals surface area contributed by atoms with Crippen LogP contribution in [0.3, 0.4) is 0 Å². The molecule has 0 bridgehead atoms. The summed E-state index contributed by atoms with van der Waals surface area (Å²) in [5.74, 6) is 1.08. The van der Waals surface area contributed by atoms with Crippen LogP contribution in [0.2, 0.25) is 0 Å². The number of methoxy groups -OCH3 is 2. The molecular weight excluding hydrogens is 422 g/mol. The van der Waals surface area contributed by atoms with Crippen LogP contribution in [-0.4, -0.2) is 53.9 Å². The van der Waals surface area contributed by atoms with Crippen LogP contribution in [0.5, 0.6) is 11.5 Å². The molecule has 1 fully saturated rings. The Morgan fingerprint density at radius 2 is 1.97 bits per heavy atom. The smallest absolute Gasteiger partial charge is 0.257 e. The van der Waals surface area contributed by atoms with Crippen molar-refractivity contribution in [1.29, 1.82) is 0 Å². The Morgan fingerprint density at radius 1 is 1.18 bits per heavy atom. The molecule has 5 rings (SSSR count). The third kappa shape index (κ3) is 3.70. The Balaban J connectivity index is 1.69. The lowest BCUT2D eigenvalue weighted by molar-refractivity contribution is 0.0859. The highest BCUT2D eigenvalue weighted by Gasteiger charge is 2.27. The van der Waals surface area contributed by atoms with E-state index in [1.807, 2.05) is 30.3 Å². The van der Waals surface area contributed by atoms with E-state index in [4.69, 9.17) is 29.9 Å². The van der Waals surface area contributed by atoms with Gasteiger partial charge in [-0.1, -0.05) is 12.1 Å². The number of nitrogens with two attached hydrogens (primary N) is 1. The number of ether oxygens (including phenoxy) is 3. The van der Waals surface area contributed by atoms with Gasteiger partial charge in [-0.3, -0.25) is 9.36 Å². The second-order valence-electron chi connectivity index (χ2n) is 7.86. The second-order valence-corrected chi connectivity index (χ2v) is 7.86. The number of anilines is 1. The standard InChI is InChI=1S/C24H25N5O4/c1-31-14-9-10-18(19(12-14)32-2)29-22(25)20(24(30)26-13-15-6-5-11-33-15)21-23(29)28-17-8-4-3-7-16(17)27-21/h3-4,7-10,12,15H,5-6,11,13,25H2,1-2H3,(H,26,30). The van der Waals surface area contributed by atoms with Gasteiger partial charge in [0.05, 0.1) is 37.0 Å². The van der Waals surface area contributed by atoms with Gasteiger partial charge >= 0.3 is 0 Å². The van der Waals surface area contributed by atoms with Gasteiger partial charge in [0.15, 0.2) is 5.65 Å². The van der Waals surface area contributed by atoms with Crippen molar-refractivity contribution in [2.45, 2.75) is 18.9 Å². The molecule has 4 aromatic rings. The number of fused-ring (bicyclic) bond motifs is 2. The Bertz CT molecular complexity index is 1340. The zero-order chi connectivity index (χ0) is 22.9. The van der Waals surface area contributed by atoms with Crippen molar-refractivity contribution in [3.05, 3.63) is 48.0 Å². The summed E-state index contributed by atoms with van der Waals surface area (Å²) in [6.45, 7) is 1.13. The van der Waals surface area contributed by atoms with E-state index in [1.54, 1.807) is 30.9 Å². The molecule has 33 heavy (non-hydrogen) atoms. The first-order valence-corrected chi connectivity index (χ1v) is 10.8. The lowest BCUT2D eigenvalue weighted by atomic mass is 10.2. The summed E-state index contributed by atoms with van der Waals surface area (Å²) < 4.78 is 18.3. The maximum absolute atomic E-state index is 13.3. The highest BCUT2D eigenvalue weighted by atomic mass is 16.5. The quantitative estimate of drug-likeness (QED) is 0.467. The van der Waals surface area contributed by atoms with E-state index in [2.05, 4.69) is 5.32 Å². The predicted molar refractivity (Wildman–Crippen MR) is 125 cm³/mol. The first-order valence-electron chi connectivity index (χ1n) is 10.8. The van der Waals surface area contributed by atoms with E-state index in [0.717, 1.165) is 19.4 Å². The minimum absolute atomic E-state index is 0.0112. The summed E-state index contributed by atoms with van der Waals surface area (Å²) in [5, 5.41) is 2.96. The van der Waals surface area contributed by atoms with Gasteiger partial charge < -0.3 is 25.3 Å². The number of nitrogens with one attached hydrogen (secondary N) is 1. The Labute approximate surface area is 190 Å². The van der Waals surface area contributed by atoms with Gasteiger partial charge in [-0.15, -0.1) is 0 Å². The molecule has 1 unspecified atom stereocenters. The van der Waals surface area contributed by atoms with E-state index in [-0.39, 0.29) is 23.4 Å². The van der Waals surface area contributed by atoms with Gasteiger partial charge in [0.2, 0.25) is 0 Å². The number of benzene rings is 2. The van der Waals surface area contributed by atoms with Crippen LogP contribution in [0.25, 0.3) is 27.9 Å². The molecule has 3 N–H and O–H groups in total. The number of amides is 1. The van der Waals surface area contributed by atoms with Crippen molar-refractivity contribution in [3.63, 3.8) is 0 Å². The van der Waals surface area contributed by atoms with Crippen molar-refractivity contribution < 1.29 is 19.0 Å². The molecule has 9 nitrogen and oxygen atoms in total. The molecule has 9 heteroatoms. The van der Waals surface area contributed by atoms with Crippen LogP contribution >= 0.6 is 0 Å². The minimum atomic E-state index is -0.316. The average molecular weight is 447 g/mol. The molecule has 0 aliphatic carbocycles. The molecule has 1 aliphatic rings. The number of para-hydroxylation sites is 2. The summed E-state index contributed by atoms with van der Waals surface area (Å²) in [7, 11) is 3.15. The molecule has 1 aliphatic heterocycles. The molecular formula is C24H25N5O4. The number of hydrogen-bond acceptors (Lipinski definition) is 7. The maximum atomic E-state index is 13.3. The molecule has 0 spiro atoms. The molecule has 1 atom stereocenters. The highest BCUT2D eigenvalue weighted by molar-refractivity contribution is 6.11. The lowest BCUT2D eigenvalue weighted by Crippen LogP contribution is -2.32. The molecule has 1 amide bonds. The van der Waals surface area contributed by atoms with E-state index < -0.39 is 0 Å². The van der Waals surface area contributed by atoms with Crippen LogP contribution < -0.4 is 20.5 Å².